The van der Waals surface area contributed by atoms with E-state index >= 15 is 0 Å². The number of nitrogens with one attached hydrogen (secondary N) is 1. The molecule has 0 amide bonds. The van der Waals surface area contributed by atoms with Crippen molar-refractivity contribution in [2.24, 2.45) is 0 Å². The van der Waals surface area contributed by atoms with Crippen LogP contribution < -0.4 is 10.1 Å². The van der Waals surface area contributed by atoms with Crippen molar-refractivity contribution in [2.75, 3.05) is 19.7 Å². The second kappa shape index (κ2) is 8.16. The van der Waals surface area contributed by atoms with Crippen LogP contribution in [0.1, 0.15) is 44.2 Å². The Labute approximate surface area is 176 Å². The van der Waals surface area contributed by atoms with Crippen LogP contribution >= 0.6 is 12.4 Å². The van der Waals surface area contributed by atoms with Crippen molar-refractivity contribution in [1.29, 1.82) is 0 Å². The van der Waals surface area contributed by atoms with Gasteiger partial charge in [-0.05, 0) is 63.4 Å². The zero-order valence-corrected chi connectivity index (χ0v) is 17.7. The van der Waals surface area contributed by atoms with E-state index < -0.39 is 0 Å². The summed E-state index contributed by atoms with van der Waals surface area (Å²) in [7, 11) is 0. The molecule has 8 heteroatoms. The van der Waals surface area contributed by atoms with E-state index in [9.17, 15) is 0 Å². The Bertz CT molecular complexity index is 989. The largest absolute Gasteiger partial charge is 0.491 e. The molecular formula is C21H27ClN6O. The standard InChI is InChI=1S/C21H26N6O.ClH/c1-14(2)27-21(23-13-24-27)18-12-26-9-10-28-19-11-16(15-5-7-22-8-6-15)3-4-17(19)20(26)25-18;/h3-4,11-15,22H,5-10H2,1-2H3;1H. The molecule has 0 radical (unpaired) electrons. The van der Waals surface area contributed by atoms with Crippen LogP contribution in [0.2, 0.25) is 0 Å². The number of rotatable bonds is 3. The molecule has 2 aliphatic rings. The number of hydrogen-bond acceptors (Lipinski definition) is 5. The summed E-state index contributed by atoms with van der Waals surface area (Å²) in [5, 5.41) is 7.79. The molecule has 0 atom stereocenters. The molecule has 5 rings (SSSR count). The minimum absolute atomic E-state index is 0. The molecule has 29 heavy (non-hydrogen) atoms. The maximum Gasteiger partial charge on any atom is 0.178 e. The third-order valence-corrected chi connectivity index (χ3v) is 5.71. The summed E-state index contributed by atoms with van der Waals surface area (Å²) in [6, 6.07) is 6.89. The molecule has 1 aromatic carbocycles. The first-order valence-electron chi connectivity index (χ1n) is 10.2. The van der Waals surface area contributed by atoms with Crippen molar-refractivity contribution in [2.45, 2.75) is 45.2 Å². The minimum atomic E-state index is 0. The fourth-order valence-electron chi connectivity index (χ4n) is 4.23. The number of imidazole rings is 1. The van der Waals surface area contributed by atoms with Crippen molar-refractivity contribution in [1.82, 2.24) is 29.6 Å². The highest BCUT2D eigenvalue weighted by atomic mass is 35.5. The third kappa shape index (κ3) is 3.65. The van der Waals surface area contributed by atoms with Crippen LogP contribution in [0.4, 0.5) is 0 Å². The van der Waals surface area contributed by atoms with Gasteiger partial charge in [-0.1, -0.05) is 6.07 Å². The molecule has 1 fully saturated rings. The number of piperidine rings is 1. The molecule has 0 saturated carbocycles. The normalized spacial score (nSPS) is 16.5. The number of fused-ring (bicyclic) bond motifs is 3. The summed E-state index contributed by atoms with van der Waals surface area (Å²) in [6.07, 6.45) is 6.03. The molecule has 0 spiro atoms. The number of ether oxygens (including phenoxy) is 1. The van der Waals surface area contributed by atoms with Gasteiger partial charge in [-0.3, -0.25) is 0 Å². The highest BCUT2D eigenvalue weighted by Gasteiger charge is 2.23. The van der Waals surface area contributed by atoms with Crippen molar-refractivity contribution < 1.29 is 4.74 Å². The molecule has 2 aliphatic heterocycles. The fourth-order valence-corrected chi connectivity index (χ4v) is 4.23. The lowest BCUT2D eigenvalue weighted by Crippen LogP contribution is -2.26. The van der Waals surface area contributed by atoms with Gasteiger partial charge in [0.05, 0.1) is 12.1 Å². The summed E-state index contributed by atoms with van der Waals surface area (Å²) in [6.45, 7) is 7.80. The molecule has 0 bridgehead atoms. The molecule has 4 heterocycles. The van der Waals surface area contributed by atoms with Gasteiger partial charge in [0.1, 0.15) is 30.2 Å². The maximum atomic E-state index is 6.10. The van der Waals surface area contributed by atoms with Crippen molar-refractivity contribution in [3.8, 4) is 28.7 Å². The van der Waals surface area contributed by atoms with Gasteiger partial charge in [0.15, 0.2) is 5.82 Å². The van der Waals surface area contributed by atoms with E-state index in [0.29, 0.717) is 12.5 Å². The lowest BCUT2D eigenvalue weighted by Gasteiger charge is -2.23. The van der Waals surface area contributed by atoms with Crippen LogP contribution in [-0.4, -0.2) is 44.0 Å². The average Bonchev–Trinajstić information content (AvgIpc) is 3.33. The molecule has 2 aromatic heterocycles. The SMILES string of the molecule is CC(C)n1ncnc1-c1cn2c(n1)-c1ccc(C3CCNCC3)cc1OCC2.Cl. The third-order valence-electron chi connectivity index (χ3n) is 5.71. The van der Waals surface area contributed by atoms with Gasteiger partial charge in [-0.25, -0.2) is 14.6 Å². The van der Waals surface area contributed by atoms with E-state index in [-0.39, 0.29) is 18.4 Å². The number of halogens is 1. The number of nitrogens with zero attached hydrogens (tertiary/aromatic N) is 5. The van der Waals surface area contributed by atoms with Crippen LogP contribution in [0, 0.1) is 0 Å². The van der Waals surface area contributed by atoms with E-state index in [1.807, 2.05) is 4.68 Å². The smallest absolute Gasteiger partial charge is 0.178 e. The molecule has 154 valence electrons. The predicted octanol–water partition coefficient (Wildman–Crippen LogP) is 3.67. The molecule has 0 aliphatic carbocycles. The monoisotopic (exact) mass is 414 g/mol. The van der Waals surface area contributed by atoms with Gasteiger partial charge in [0, 0.05) is 12.2 Å². The maximum absolute atomic E-state index is 6.10. The number of aromatic nitrogens is 5. The first kappa shape index (κ1) is 19.9. The average molecular weight is 415 g/mol. The number of benzene rings is 1. The molecule has 0 unspecified atom stereocenters. The van der Waals surface area contributed by atoms with Crippen LogP contribution in [0.3, 0.4) is 0 Å². The summed E-state index contributed by atoms with van der Waals surface area (Å²) in [5.41, 5.74) is 3.29. The van der Waals surface area contributed by atoms with Crippen molar-refractivity contribution in [3.05, 3.63) is 36.3 Å². The van der Waals surface area contributed by atoms with Gasteiger partial charge in [-0.2, -0.15) is 5.10 Å². The summed E-state index contributed by atoms with van der Waals surface area (Å²) < 4.78 is 10.2. The Morgan fingerprint density at radius 3 is 2.79 bits per heavy atom. The molecular weight excluding hydrogens is 388 g/mol. The van der Waals surface area contributed by atoms with E-state index in [2.05, 4.69) is 58.2 Å². The van der Waals surface area contributed by atoms with Gasteiger partial charge in [0.2, 0.25) is 0 Å². The second-order valence-electron chi connectivity index (χ2n) is 7.89. The Morgan fingerprint density at radius 1 is 1.17 bits per heavy atom. The second-order valence-corrected chi connectivity index (χ2v) is 7.89. The van der Waals surface area contributed by atoms with Gasteiger partial charge < -0.3 is 14.6 Å². The number of hydrogen-bond donors (Lipinski definition) is 1. The van der Waals surface area contributed by atoms with Crippen molar-refractivity contribution in [3.63, 3.8) is 0 Å². The predicted molar refractivity (Wildman–Crippen MR) is 115 cm³/mol. The Balaban J connectivity index is 0.00000205. The van der Waals surface area contributed by atoms with Crippen LogP contribution in [0.5, 0.6) is 5.75 Å². The van der Waals surface area contributed by atoms with E-state index in [0.717, 1.165) is 48.3 Å². The Hall–Kier alpha value is -2.38. The molecule has 1 N–H and O–H groups in total. The fraction of sp³-hybridized carbons (Fsp3) is 0.476. The van der Waals surface area contributed by atoms with Crippen LogP contribution in [0.25, 0.3) is 22.9 Å². The quantitative estimate of drug-likeness (QED) is 0.708. The first-order chi connectivity index (χ1) is 13.7. The summed E-state index contributed by atoms with van der Waals surface area (Å²) in [5.74, 6) is 3.30. The van der Waals surface area contributed by atoms with E-state index in [4.69, 9.17) is 9.72 Å². The topological polar surface area (TPSA) is 69.8 Å². The highest BCUT2D eigenvalue weighted by molar-refractivity contribution is 5.85. The molecule has 7 nitrogen and oxygen atoms in total. The van der Waals surface area contributed by atoms with Gasteiger partial charge in [-0.15, -0.1) is 12.4 Å². The lowest BCUT2D eigenvalue weighted by atomic mass is 9.89. The zero-order chi connectivity index (χ0) is 19.1. The van der Waals surface area contributed by atoms with E-state index in [1.165, 1.54) is 18.4 Å². The van der Waals surface area contributed by atoms with Crippen molar-refractivity contribution >= 4 is 12.4 Å². The van der Waals surface area contributed by atoms with Gasteiger partial charge >= 0.3 is 0 Å². The Kier molecular flexibility index (Phi) is 5.61. The summed E-state index contributed by atoms with van der Waals surface area (Å²) in [4.78, 5) is 9.37. The molecule has 3 aromatic rings. The van der Waals surface area contributed by atoms with E-state index in [1.54, 1.807) is 6.33 Å². The first-order valence-corrected chi connectivity index (χ1v) is 10.2. The molecule has 1 saturated heterocycles. The lowest BCUT2D eigenvalue weighted by molar-refractivity contribution is 0.306. The van der Waals surface area contributed by atoms with Gasteiger partial charge in [0.25, 0.3) is 0 Å². The summed E-state index contributed by atoms with van der Waals surface area (Å²) >= 11 is 0. The zero-order valence-electron chi connectivity index (χ0n) is 16.8. The Morgan fingerprint density at radius 2 is 2.00 bits per heavy atom. The highest BCUT2D eigenvalue weighted by Crippen LogP contribution is 2.37. The minimum Gasteiger partial charge on any atom is -0.491 e. The van der Waals surface area contributed by atoms with Crippen LogP contribution in [0.15, 0.2) is 30.7 Å². The van der Waals surface area contributed by atoms with Crippen LogP contribution in [-0.2, 0) is 6.54 Å².